The average molecular weight is 343 g/mol. The zero-order valence-corrected chi connectivity index (χ0v) is 14.9. The maximum Gasteiger partial charge on any atom is 0.338 e. The van der Waals surface area contributed by atoms with Crippen molar-refractivity contribution in [2.45, 2.75) is 39.3 Å². The number of benzene rings is 1. The van der Waals surface area contributed by atoms with Gasteiger partial charge in [-0.1, -0.05) is 17.2 Å². The van der Waals surface area contributed by atoms with E-state index in [1.54, 1.807) is 11.8 Å². The lowest BCUT2D eigenvalue weighted by Crippen LogP contribution is -2.33. The van der Waals surface area contributed by atoms with Gasteiger partial charge in [-0.05, 0) is 55.8 Å². The number of carbonyl (C=O) groups excluding carboxylic acids is 1. The summed E-state index contributed by atoms with van der Waals surface area (Å²) in [5, 5.41) is 14.8. The molecule has 0 saturated carbocycles. The summed E-state index contributed by atoms with van der Waals surface area (Å²) >= 11 is 0. The van der Waals surface area contributed by atoms with Gasteiger partial charge in [0.15, 0.2) is 0 Å². The molecular weight excluding hydrogens is 322 g/mol. The van der Waals surface area contributed by atoms with Crippen molar-refractivity contribution in [2.24, 2.45) is 0 Å². The number of aromatic nitrogens is 4. The van der Waals surface area contributed by atoms with Gasteiger partial charge in [-0.15, -0.1) is 0 Å². The normalized spacial score (nSPS) is 16.9. The van der Waals surface area contributed by atoms with Crippen LogP contribution in [0.4, 0.5) is 5.95 Å². The van der Waals surface area contributed by atoms with E-state index in [4.69, 9.17) is 9.47 Å². The monoisotopic (exact) mass is 343 g/mol. The summed E-state index contributed by atoms with van der Waals surface area (Å²) in [6.07, 6.45) is 0. The van der Waals surface area contributed by atoms with Gasteiger partial charge in [-0.25, -0.2) is 4.79 Å². The van der Waals surface area contributed by atoms with Crippen LogP contribution in [0.2, 0.25) is 0 Å². The van der Waals surface area contributed by atoms with E-state index in [1.165, 1.54) is 0 Å². The van der Waals surface area contributed by atoms with Crippen molar-refractivity contribution in [1.82, 2.24) is 20.2 Å². The van der Waals surface area contributed by atoms with E-state index in [1.807, 2.05) is 52.0 Å². The SMILES string of the molecule is COc1cccc([C@H]2C(C(=O)OC(C)(C)C)=C(C)Nc3nnnn32)c1. The van der Waals surface area contributed by atoms with E-state index in [9.17, 15) is 4.79 Å². The smallest absolute Gasteiger partial charge is 0.338 e. The van der Waals surface area contributed by atoms with Crippen LogP contribution in [0.25, 0.3) is 0 Å². The molecule has 1 aromatic carbocycles. The molecule has 8 heteroatoms. The number of carbonyl (C=O) groups is 1. The zero-order valence-electron chi connectivity index (χ0n) is 14.9. The number of allylic oxidation sites excluding steroid dienone is 1. The Hall–Kier alpha value is -2.90. The number of rotatable bonds is 3. The molecule has 0 unspecified atom stereocenters. The van der Waals surface area contributed by atoms with Gasteiger partial charge < -0.3 is 14.8 Å². The molecule has 0 radical (unpaired) electrons. The second kappa shape index (κ2) is 6.19. The summed E-state index contributed by atoms with van der Waals surface area (Å²) in [6.45, 7) is 7.31. The summed E-state index contributed by atoms with van der Waals surface area (Å²) in [5.74, 6) is 0.746. The fraction of sp³-hybridized carbons (Fsp3) is 0.412. The first-order chi connectivity index (χ1) is 11.8. The molecule has 0 amide bonds. The number of methoxy groups -OCH3 is 1. The van der Waals surface area contributed by atoms with Gasteiger partial charge in [0.1, 0.15) is 17.4 Å². The second-order valence-electron chi connectivity index (χ2n) is 6.79. The summed E-state index contributed by atoms with van der Waals surface area (Å²) in [5.41, 5.74) is 1.34. The number of hydrogen-bond donors (Lipinski definition) is 1. The van der Waals surface area contributed by atoms with E-state index >= 15 is 0 Å². The van der Waals surface area contributed by atoms with Crippen molar-refractivity contribution in [2.75, 3.05) is 12.4 Å². The Bertz CT molecular complexity index is 835. The summed E-state index contributed by atoms with van der Waals surface area (Å²) < 4.78 is 12.5. The number of tetrazole rings is 1. The molecule has 1 atom stereocenters. The molecule has 0 aliphatic carbocycles. The largest absolute Gasteiger partial charge is 0.497 e. The standard InChI is InChI=1S/C17H21N5O3/c1-10-13(15(23)25-17(2,3)4)14(22-16(18-10)19-20-21-22)11-7-6-8-12(9-11)24-5/h6-9,14H,1-5H3,(H,18,19,21)/t14-/m0/s1. The number of fused-ring (bicyclic) bond motifs is 1. The highest BCUT2D eigenvalue weighted by atomic mass is 16.6. The number of ether oxygens (including phenoxy) is 2. The molecule has 132 valence electrons. The van der Waals surface area contributed by atoms with Gasteiger partial charge in [0.25, 0.3) is 0 Å². The van der Waals surface area contributed by atoms with Crippen molar-refractivity contribution in [3.05, 3.63) is 41.1 Å². The summed E-state index contributed by atoms with van der Waals surface area (Å²) in [7, 11) is 1.60. The number of esters is 1. The number of nitrogens with one attached hydrogen (secondary N) is 1. The zero-order chi connectivity index (χ0) is 18.2. The number of hydrogen-bond acceptors (Lipinski definition) is 7. The lowest BCUT2D eigenvalue weighted by molar-refractivity contribution is -0.150. The van der Waals surface area contributed by atoms with Crippen molar-refractivity contribution >= 4 is 11.9 Å². The van der Waals surface area contributed by atoms with Crippen molar-refractivity contribution in [3.63, 3.8) is 0 Å². The second-order valence-corrected chi connectivity index (χ2v) is 6.79. The van der Waals surface area contributed by atoms with E-state index < -0.39 is 17.6 Å². The third kappa shape index (κ3) is 3.33. The van der Waals surface area contributed by atoms with Crippen molar-refractivity contribution in [3.8, 4) is 5.75 Å². The van der Waals surface area contributed by atoms with Crippen molar-refractivity contribution in [1.29, 1.82) is 0 Å². The fourth-order valence-electron chi connectivity index (χ4n) is 2.73. The Morgan fingerprint density at radius 3 is 2.76 bits per heavy atom. The Labute approximate surface area is 145 Å². The molecule has 3 rings (SSSR count). The molecule has 0 saturated heterocycles. The van der Waals surface area contributed by atoms with Crippen LogP contribution in [0.15, 0.2) is 35.5 Å². The van der Waals surface area contributed by atoms with Gasteiger partial charge in [-0.3, -0.25) is 0 Å². The Kier molecular flexibility index (Phi) is 4.20. The van der Waals surface area contributed by atoms with Gasteiger partial charge in [0, 0.05) is 5.70 Å². The molecule has 25 heavy (non-hydrogen) atoms. The quantitative estimate of drug-likeness (QED) is 0.855. The summed E-state index contributed by atoms with van der Waals surface area (Å²) in [4.78, 5) is 12.9. The molecule has 2 heterocycles. The highest BCUT2D eigenvalue weighted by molar-refractivity contribution is 5.92. The maximum atomic E-state index is 12.9. The lowest BCUT2D eigenvalue weighted by atomic mass is 9.95. The van der Waals surface area contributed by atoms with Crippen LogP contribution in [-0.2, 0) is 9.53 Å². The Morgan fingerprint density at radius 2 is 2.08 bits per heavy atom. The fourth-order valence-corrected chi connectivity index (χ4v) is 2.73. The van der Waals surface area contributed by atoms with Crippen LogP contribution in [-0.4, -0.2) is 38.9 Å². The predicted molar refractivity (Wildman–Crippen MR) is 91.1 cm³/mol. The third-order valence-electron chi connectivity index (χ3n) is 3.74. The highest BCUT2D eigenvalue weighted by Crippen LogP contribution is 2.36. The van der Waals surface area contributed by atoms with E-state index in [2.05, 4.69) is 20.8 Å². The van der Waals surface area contributed by atoms with E-state index in [-0.39, 0.29) is 0 Å². The van der Waals surface area contributed by atoms with Crippen LogP contribution in [0, 0.1) is 0 Å². The minimum Gasteiger partial charge on any atom is -0.497 e. The molecule has 0 fully saturated rings. The van der Waals surface area contributed by atoms with Crippen molar-refractivity contribution < 1.29 is 14.3 Å². The minimum atomic E-state index is -0.607. The Morgan fingerprint density at radius 1 is 1.32 bits per heavy atom. The molecule has 1 aromatic heterocycles. The minimum absolute atomic E-state index is 0.411. The molecule has 1 aliphatic rings. The van der Waals surface area contributed by atoms with Crippen LogP contribution in [0.1, 0.15) is 39.3 Å². The Balaban J connectivity index is 2.11. The molecule has 1 aliphatic heterocycles. The maximum absolute atomic E-state index is 12.9. The predicted octanol–water partition coefficient (Wildman–Crippen LogP) is 2.31. The lowest BCUT2D eigenvalue weighted by Gasteiger charge is -2.29. The first-order valence-electron chi connectivity index (χ1n) is 7.93. The first kappa shape index (κ1) is 16.9. The van der Waals surface area contributed by atoms with Gasteiger partial charge in [-0.2, -0.15) is 4.68 Å². The molecule has 1 N–H and O–H groups in total. The van der Waals surface area contributed by atoms with E-state index in [0.29, 0.717) is 23.0 Å². The first-order valence-corrected chi connectivity index (χ1v) is 7.93. The summed E-state index contributed by atoms with van der Waals surface area (Å²) in [6, 6.07) is 6.97. The molecule has 8 nitrogen and oxygen atoms in total. The van der Waals surface area contributed by atoms with Crippen LogP contribution >= 0.6 is 0 Å². The molecule has 0 bridgehead atoms. The number of nitrogens with zero attached hydrogens (tertiary/aromatic N) is 4. The molecule has 0 spiro atoms. The topological polar surface area (TPSA) is 91.2 Å². The van der Waals surface area contributed by atoms with Crippen LogP contribution in [0.3, 0.4) is 0 Å². The van der Waals surface area contributed by atoms with Gasteiger partial charge in [0.05, 0.1) is 12.7 Å². The van der Waals surface area contributed by atoms with E-state index in [0.717, 1.165) is 5.56 Å². The van der Waals surface area contributed by atoms with Gasteiger partial charge >= 0.3 is 5.97 Å². The van der Waals surface area contributed by atoms with Crippen LogP contribution < -0.4 is 10.1 Å². The number of anilines is 1. The highest BCUT2D eigenvalue weighted by Gasteiger charge is 2.36. The molecule has 2 aromatic rings. The average Bonchev–Trinajstić information content (AvgIpc) is 2.99. The molecular formula is C17H21N5O3. The van der Waals surface area contributed by atoms with Crippen LogP contribution in [0.5, 0.6) is 5.75 Å². The van der Waals surface area contributed by atoms with Gasteiger partial charge in [0.2, 0.25) is 5.95 Å². The third-order valence-corrected chi connectivity index (χ3v) is 3.74.